The van der Waals surface area contributed by atoms with Crippen molar-refractivity contribution < 1.29 is 19.7 Å². The second-order valence-electron chi connectivity index (χ2n) is 8.93. The maximum atomic E-state index is 12.9. The first kappa shape index (κ1) is 22.7. The number of ether oxygens (including phenoxy) is 1. The van der Waals surface area contributed by atoms with Crippen LogP contribution in [-0.2, 0) is 16.0 Å². The SMILES string of the molecule is Nc1ncnc2c1ncn2C1CN(CCc2ccccc2)CC(O)C1(O)NC(=O)C1CCCO1. The molecule has 0 saturated carbocycles. The van der Waals surface area contributed by atoms with Crippen LogP contribution in [0.1, 0.15) is 24.4 Å². The molecule has 2 saturated heterocycles. The molecule has 0 aliphatic carbocycles. The number of aliphatic hydroxyl groups is 2. The largest absolute Gasteiger partial charge is 0.387 e. The number of nitrogens with zero attached hydrogens (tertiary/aromatic N) is 5. The first-order chi connectivity index (χ1) is 16.5. The Bertz CT molecular complexity index is 1150. The summed E-state index contributed by atoms with van der Waals surface area (Å²) in [5, 5.41) is 25.6. The number of aromatic nitrogens is 4. The molecule has 2 aliphatic heterocycles. The van der Waals surface area contributed by atoms with E-state index in [1.807, 2.05) is 18.2 Å². The Balaban J connectivity index is 1.45. The number of β-amino-alcohol motifs (C(OH)–C–C–N with tert-alkyl or cyclic N) is 1. The van der Waals surface area contributed by atoms with Crippen molar-refractivity contribution in [2.45, 2.75) is 43.2 Å². The van der Waals surface area contributed by atoms with Crippen LogP contribution in [0.4, 0.5) is 5.82 Å². The number of carbonyl (C=O) groups is 1. The Morgan fingerprint density at radius 2 is 2.06 bits per heavy atom. The number of rotatable bonds is 6. The van der Waals surface area contributed by atoms with E-state index >= 15 is 0 Å². The second-order valence-corrected chi connectivity index (χ2v) is 8.93. The average molecular weight is 468 g/mol. The highest BCUT2D eigenvalue weighted by molar-refractivity contribution is 5.82. The number of carbonyl (C=O) groups excluding carboxylic acids is 1. The van der Waals surface area contributed by atoms with Gasteiger partial charge < -0.3 is 30.6 Å². The van der Waals surface area contributed by atoms with Gasteiger partial charge in [0.05, 0.1) is 12.4 Å². The number of anilines is 1. The lowest BCUT2D eigenvalue weighted by Gasteiger charge is -2.48. The molecule has 2 aliphatic rings. The molecule has 34 heavy (non-hydrogen) atoms. The number of piperidine rings is 1. The van der Waals surface area contributed by atoms with Gasteiger partial charge in [0.2, 0.25) is 0 Å². The van der Waals surface area contributed by atoms with E-state index in [2.05, 4.69) is 37.3 Å². The second kappa shape index (κ2) is 9.26. The summed E-state index contributed by atoms with van der Waals surface area (Å²) in [6, 6.07) is 9.28. The molecule has 3 aromatic rings. The number of imidazole rings is 1. The van der Waals surface area contributed by atoms with Crippen LogP contribution in [0, 0.1) is 0 Å². The van der Waals surface area contributed by atoms with Crippen LogP contribution in [0.5, 0.6) is 0 Å². The fourth-order valence-corrected chi connectivity index (χ4v) is 4.81. The van der Waals surface area contributed by atoms with Crippen molar-refractivity contribution in [1.82, 2.24) is 29.7 Å². The van der Waals surface area contributed by atoms with Gasteiger partial charge in [0.15, 0.2) is 17.2 Å². The predicted octanol–water partition coefficient (Wildman–Crippen LogP) is -0.147. The van der Waals surface area contributed by atoms with Gasteiger partial charge in [-0.2, -0.15) is 0 Å². The van der Waals surface area contributed by atoms with Crippen molar-refractivity contribution in [1.29, 1.82) is 0 Å². The number of amides is 1. The van der Waals surface area contributed by atoms with Crippen molar-refractivity contribution in [3.05, 3.63) is 48.5 Å². The highest BCUT2D eigenvalue weighted by Gasteiger charge is 2.51. The molecule has 11 nitrogen and oxygen atoms in total. The number of hydrogen-bond acceptors (Lipinski definition) is 9. The van der Waals surface area contributed by atoms with E-state index in [0.29, 0.717) is 37.3 Å². The van der Waals surface area contributed by atoms with E-state index in [9.17, 15) is 15.0 Å². The molecule has 180 valence electrons. The number of nitrogens with two attached hydrogens (primary N) is 1. The van der Waals surface area contributed by atoms with Crippen molar-refractivity contribution in [2.75, 3.05) is 32.0 Å². The highest BCUT2D eigenvalue weighted by Crippen LogP contribution is 2.33. The maximum absolute atomic E-state index is 12.9. The molecule has 0 spiro atoms. The van der Waals surface area contributed by atoms with Crippen LogP contribution < -0.4 is 11.1 Å². The molecule has 0 bridgehead atoms. The van der Waals surface area contributed by atoms with Crippen LogP contribution in [0.25, 0.3) is 11.2 Å². The van der Waals surface area contributed by atoms with Crippen LogP contribution in [0.3, 0.4) is 0 Å². The third-order valence-electron chi connectivity index (χ3n) is 6.71. The van der Waals surface area contributed by atoms with Crippen LogP contribution >= 0.6 is 0 Å². The zero-order valence-electron chi connectivity index (χ0n) is 18.7. The number of aliphatic hydroxyl groups excluding tert-OH is 1. The number of likely N-dealkylation sites (tertiary alicyclic amines) is 1. The summed E-state index contributed by atoms with van der Waals surface area (Å²) < 4.78 is 7.14. The molecule has 4 atom stereocenters. The van der Waals surface area contributed by atoms with Gasteiger partial charge in [0, 0.05) is 26.2 Å². The lowest BCUT2D eigenvalue weighted by atomic mass is 9.90. The summed E-state index contributed by atoms with van der Waals surface area (Å²) in [6.07, 6.45) is 3.06. The zero-order chi connectivity index (χ0) is 23.7. The maximum Gasteiger partial charge on any atom is 0.251 e. The van der Waals surface area contributed by atoms with Crippen molar-refractivity contribution >= 4 is 22.9 Å². The zero-order valence-corrected chi connectivity index (χ0v) is 18.7. The molecule has 11 heteroatoms. The van der Waals surface area contributed by atoms with E-state index in [-0.39, 0.29) is 12.4 Å². The minimum Gasteiger partial charge on any atom is -0.387 e. The number of fused-ring (bicyclic) bond motifs is 1. The van der Waals surface area contributed by atoms with Crippen molar-refractivity contribution in [2.24, 2.45) is 0 Å². The van der Waals surface area contributed by atoms with E-state index < -0.39 is 29.9 Å². The third-order valence-corrected chi connectivity index (χ3v) is 6.71. The number of hydrogen-bond donors (Lipinski definition) is 4. The first-order valence-electron chi connectivity index (χ1n) is 11.5. The molecule has 5 rings (SSSR count). The van der Waals surface area contributed by atoms with Crippen molar-refractivity contribution in [3.8, 4) is 0 Å². The Labute approximate surface area is 196 Å². The Hall–Kier alpha value is -3.12. The lowest BCUT2D eigenvalue weighted by Crippen LogP contribution is -2.70. The summed E-state index contributed by atoms with van der Waals surface area (Å²) in [7, 11) is 0. The van der Waals surface area contributed by atoms with Gasteiger partial charge in [0.1, 0.15) is 24.1 Å². The molecule has 5 N–H and O–H groups in total. The van der Waals surface area contributed by atoms with Crippen LogP contribution in [-0.4, -0.2) is 84.7 Å². The van der Waals surface area contributed by atoms with E-state index in [4.69, 9.17) is 10.5 Å². The van der Waals surface area contributed by atoms with Gasteiger partial charge in [-0.1, -0.05) is 30.3 Å². The van der Waals surface area contributed by atoms with Crippen molar-refractivity contribution in [3.63, 3.8) is 0 Å². The molecule has 4 unspecified atom stereocenters. The van der Waals surface area contributed by atoms with Gasteiger partial charge >= 0.3 is 0 Å². The summed E-state index contributed by atoms with van der Waals surface area (Å²) in [4.78, 5) is 27.6. The van der Waals surface area contributed by atoms with E-state index in [1.54, 1.807) is 4.57 Å². The molecule has 1 amide bonds. The first-order valence-corrected chi connectivity index (χ1v) is 11.5. The summed E-state index contributed by atoms with van der Waals surface area (Å²) in [5.41, 5.74) is 5.99. The fraction of sp³-hybridized carbons (Fsp3) is 0.478. The predicted molar refractivity (Wildman–Crippen MR) is 123 cm³/mol. The van der Waals surface area contributed by atoms with Gasteiger partial charge in [-0.3, -0.25) is 9.69 Å². The molecule has 2 fully saturated rings. The Morgan fingerprint density at radius 3 is 2.82 bits per heavy atom. The monoisotopic (exact) mass is 467 g/mol. The summed E-state index contributed by atoms with van der Waals surface area (Å²) >= 11 is 0. The lowest BCUT2D eigenvalue weighted by molar-refractivity contribution is -0.178. The van der Waals surface area contributed by atoms with Gasteiger partial charge in [-0.25, -0.2) is 15.0 Å². The smallest absolute Gasteiger partial charge is 0.251 e. The third kappa shape index (κ3) is 4.23. The molecular formula is C23H29N7O4. The molecule has 2 aromatic heterocycles. The van der Waals surface area contributed by atoms with Gasteiger partial charge in [-0.05, 0) is 24.8 Å². The molecule has 4 heterocycles. The standard InChI is InChI=1S/C23H29N7O4/c24-20-19-21(26-13-25-20)30(14-27-19)17-11-29(9-8-15-5-2-1-3-6-15)12-18(31)23(17,33)28-22(32)16-7-4-10-34-16/h1-3,5-6,13-14,16-18,31,33H,4,7-12H2,(H,28,32)(H2,24,25,26). The minimum absolute atomic E-state index is 0.190. The highest BCUT2D eigenvalue weighted by atomic mass is 16.5. The molecule has 0 radical (unpaired) electrons. The van der Waals surface area contributed by atoms with Crippen LogP contribution in [0.2, 0.25) is 0 Å². The molecule has 1 aromatic carbocycles. The average Bonchev–Trinajstić information content (AvgIpc) is 3.52. The number of benzene rings is 1. The fourth-order valence-electron chi connectivity index (χ4n) is 4.81. The normalized spacial score (nSPS) is 27.8. The quantitative estimate of drug-likeness (QED) is 0.363. The van der Waals surface area contributed by atoms with Gasteiger partial charge in [-0.15, -0.1) is 0 Å². The summed E-state index contributed by atoms with van der Waals surface area (Å²) in [6.45, 7) is 1.70. The topological polar surface area (TPSA) is 152 Å². The number of nitrogens with one attached hydrogen (secondary N) is 1. The van der Waals surface area contributed by atoms with Gasteiger partial charge in [0.25, 0.3) is 5.91 Å². The Morgan fingerprint density at radius 1 is 1.24 bits per heavy atom. The Kier molecular flexibility index (Phi) is 6.17. The number of nitrogen functional groups attached to an aromatic ring is 1. The summed E-state index contributed by atoms with van der Waals surface area (Å²) in [5.74, 6) is -0.228. The van der Waals surface area contributed by atoms with E-state index in [0.717, 1.165) is 12.8 Å². The minimum atomic E-state index is -1.96. The van der Waals surface area contributed by atoms with E-state index in [1.165, 1.54) is 18.2 Å². The molecular weight excluding hydrogens is 438 g/mol. The van der Waals surface area contributed by atoms with Crippen LogP contribution in [0.15, 0.2) is 43.0 Å².